The highest BCUT2D eigenvalue weighted by Crippen LogP contribution is 2.39. The highest BCUT2D eigenvalue weighted by Gasteiger charge is 2.49. The molecule has 4 heterocycles. The molecule has 4 rings (SSSR count). The first-order valence-corrected chi connectivity index (χ1v) is 9.56. The van der Waals surface area contributed by atoms with Gasteiger partial charge in [0.25, 0.3) is 5.91 Å². The zero-order chi connectivity index (χ0) is 19.8. The van der Waals surface area contributed by atoms with Gasteiger partial charge in [-0.3, -0.25) is 9.69 Å². The number of aromatic nitrogens is 2. The van der Waals surface area contributed by atoms with Crippen LogP contribution in [0.3, 0.4) is 0 Å². The number of rotatable bonds is 4. The third-order valence-electron chi connectivity index (χ3n) is 5.77. The average Bonchev–Trinajstić information content (AvgIpc) is 3.31. The van der Waals surface area contributed by atoms with Gasteiger partial charge in [-0.15, -0.1) is 0 Å². The number of amides is 1. The molecule has 0 bridgehead atoms. The molecule has 152 valence electrons. The van der Waals surface area contributed by atoms with Crippen LogP contribution in [-0.2, 0) is 11.3 Å². The largest absolute Gasteiger partial charge is 0.472 e. The summed E-state index contributed by atoms with van der Waals surface area (Å²) in [6, 6.07) is 1.12. The number of furan rings is 1. The van der Waals surface area contributed by atoms with E-state index >= 15 is 0 Å². The van der Waals surface area contributed by atoms with E-state index in [1.807, 2.05) is 0 Å². The quantitative estimate of drug-likeness (QED) is 0.802. The second kappa shape index (κ2) is 7.31. The Morgan fingerprint density at radius 3 is 2.82 bits per heavy atom. The van der Waals surface area contributed by atoms with E-state index in [0.29, 0.717) is 30.2 Å². The Kier molecular flexibility index (Phi) is 4.98. The minimum absolute atomic E-state index is 0.275. The van der Waals surface area contributed by atoms with Gasteiger partial charge >= 0.3 is 0 Å². The molecule has 0 saturated carbocycles. The van der Waals surface area contributed by atoms with E-state index in [0.717, 1.165) is 25.9 Å². The number of nitrogens with zero attached hydrogens (tertiary/aromatic N) is 3. The number of nitrogens with one attached hydrogen (secondary N) is 1. The Balaban J connectivity index is 1.33. The Bertz CT molecular complexity index is 808. The lowest BCUT2D eigenvalue weighted by Crippen LogP contribution is -2.63. The van der Waals surface area contributed by atoms with Crippen molar-refractivity contribution in [1.29, 1.82) is 0 Å². The zero-order valence-corrected chi connectivity index (χ0v) is 16.2. The van der Waals surface area contributed by atoms with Crippen molar-refractivity contribution in [2.24, 2.45) is 0 Å². The maximum Gasteiger partial charge on any atom is 0.254 e. The molecular weight excluding hydrogens is 364 g/mol. The minimum atomic E-state index is -1.05. The van der Waals surface area contributed by atoms with E-state index < -0.39 is 11.6 Å². The highest BCUT2D eigenvalue weighted by molar-refractivity contribution is 5.94. The van der Waals surface area contributed by atoms with Crippen molar-refractivity contribution in [1.82, 2.24) is 20.4 Å². The third kappa shape index (κ3) is 3.96. The van der Waals surface area contributed by atoms with Crippen molar-refractivity contribution in [3.8, 4) is 0 Å². The number of hydrogen-bond donors (Lipinski definition) is 2. The van der Waals surface area contributed by atoms with Crippen LogP contribution in [0, 0.1) is 6.92 Å². The summed E-state index contributed by atoms with van der Waals surface area (Å²) >= 11 is 0. The highest BCUT2D eigenvalue weighted by atomic mass is 16.5. The summed E-state index contributed by atoms with van der Waals surface area (Å²) in [6.07, 6.45) is 4.92. The molecule has 9 heteroatoms. The van der Waals surface area contributed by atoms with Gasteiger partial charge in [-0.1, -0.05) is 5.16 Å². The van der Waals surface area contributed by atoms with Gasteiger partial charge in [0.05, 0.1) is 42.2 Å². The van der Waals surface area contributed by atoms with Crippen LogP contribution in [0.5, 0.6) is 0 Å². The number of hydrogen-bond acceptors (Lipinski definition) is 8. The molecule has 0 aliphatic carbocycles. The first kappa shape index (κ1) is 19.1. The molecule has 0 unspecified atom stereocenters. The Labute approximate surface area is 163 Å². The number of carbonyl (C=O) groups is 1. The van der Waals surface area contributed by atoms with Crippen LogP contribution in [0.25, 0.3) is 0 Å². The lowest BCUT2D eigenvalue weighted by molar-refractivity contribution is -0.186. The summed E-state index contributed by atoms with van der Waals surface area (Å²) in [5.74, 6) is 0.980. The van der Waals surface area contributed by atoms with Crippen molar-refractivity contribution in [3.63, 3.8) is 0 Å². The van der Waals surface area contributed by atoms with Crippen molar-refractivity contribution >= 4 is 5.91 Å². The topological polar surface area (TPSA) is 114 Å². The number of ether oxygens (including phenoxy) is 1. The third-order valence-corrected chi connectivity index (χ3v) is 5.77. The monoisotopic (exact) mass is 390 g/mol. The molecule has 2 fully saturated rings. The van der Waals surface area contributed by atoms with Gasteiger partial charge in [0, 0.05) is 19.5 Å². The van der Waals surface area contributed by atoms with Crippen LogP contribution < -0.4 is 5.32 Å². The second-order valence-corrected chi connectivity index (χ2v) is 8.08. The van der Waals surface area contributed by atoms with Crippen LogP contribution in [-0.4, -0.2) is 63.0 Å². The number of aliphatic hydroxyl groups is 1. The summed E-state index contributed by atoms with van der Waals surface area (Å²) in [6.45, 7) is 6.12. The fourth-order valence-corrected chi connectivity index (χ4v) is 4.13. The molecule has 2 aromatic heterocycles. The molecule has 2 atom stereocenters. The van der Waals surface area contributed by atoms with E-state index in [1.54, 1.807) is 19.9 Å². The first-order chi connectivity index (χ1) is 13.4. The molecule has 1 spiro atoms. The minimum Gasteiger partial charge on any atom is -0.472 e. The van der Waals surface area contributed by atoms with Crippen LogP contribution in [0.4, 0.5) is 0 Å². The van der Waals surface area contributed by atoms with E-state index in [-0.39, 0.29) is 18.1 Å². The predicted octanol–water partition coefficient (Wildman–Crippen LogP) is 1.28. The SMILES string of the molecule is Cc1noc(CN2CCC3(CC2)C[C@](C)(O)[C@@H](NC(=O)c2ccoc2)CO3)n1. The summed E-state index contributed by atoms with van der Waals surface area (Å²) in [5, 5.41) is 17.7. The number of piperidine rings is 1. The maximum absolute atomic E-state index is 12.3. The van der Waals surface area contributed by atoms with Gasteiger partial charge in [0.15, 0.2) is 5.82 Å². The van der Waals surface area contributed by atoms with Crippen LogP contribution in [0.2, 0.25) is 0 Å². The van der Waals surface area contributed by atoms with Gasteiger partial charge in [0.1, 0.15) is 6.26 Å². The van der Waals surface area contributed by atoms with Crippen LogP contribution in [0.15, 0.2) is 27.5 Å². The Morgan fingerprint density at radius 2 is 2.21 bits per heavy atom. The van der Waals surface area contributed by atoms with Crippen LogP contribution >= 0.6 is 0 Å². The van der Waals surface area contributed by atoms with E-state index in [4.69, 9.17) is 13.7 Å². The maximum atomic E-state index is 12.3. The van der Waals surface area contributed by atoms with Gasteiger partial charge in [0.2, 0.25) is 5.89 Å². The Hall–Kier alpha value is -2.23. The second-order valence-electron chi connectivity index (χ2n) is 8.08. The lowest BCUT2D eigenvalue weighted by Gasteiger charge is -2.51. The molecule has 2 N–H and O–H groups in total. The van der Waals surface area contributed by atoms with Crippen LogP contribution in [0.1, 0.15) is 48.3 Å². The van der Waals surface area contributed by atoms with E-state index in [2.05, 4.69) is 20.4 Å². The van der Waals surface area contributed by atoms with Gasteiger partial charge in [-0.2, -0.15) is 4.98 Å². The standard InChI is InChI=1S/C19H26N4O5/c1-13-20-16(28-22-13)9-23-6-4-19(5-7-23)12-18(2,25)15(11-27-19)21-17(24)14-3-8-26-10-14/h3,8,10,15,25H,4-7,9,11-12H2,1-2H3,(H,21,24)/t15-,18-/m0/s1. The fourth-order valence-electron chi connectivity index (χ4n) is 4.13. The number of carbonyl (C=O) groups excluding carboxylic acids is 1. The van der Waals surface area contributed by atoms with E-state index in [1.165, 1.54) is 12.5 Å². The molecule has 2 aliphatic heterocycles. The fraction of sp³-hybridized carbons (Fsp3) is 0.632. The average molecular weight is 390 g/mol. The molecule has 9 nitrogen and oxygen atoms in total. The van der Waals surface area contributed by atoms with Gasteiger partial charge < -0.3 is 24.1 Å². The normalized spacial score (nSPS) is 27.8. The molecule has 0 aromatic carbocycles. The zero-order valence-electron chi connectivity index (χ0n) is 16.2. The molecule has 1 amide bonds. The van der Waals surface area contributed by atoms with Gasteiger partial charge in [-0.25, -0.2) is 0 Å². The number of likely N-dealkylation sites (tertiary alicyclic amines) is 1. The summed E-state index contributed by atoms with van der Waals surface area (Å²) in [5.41, 5.74) is -0.994. The summed E-state index contributed by atoms with van der Waals surface area (Å²) in [7, 11) is 0. The van der Waals surface area contributed by atoms with Crippen molar-refractivity contribution in [2.75, 3.05) is 19.7 Å². The van der Waals surface area contributed by atoms with E-state index in [9.17, 15) is 9.90 Å². The van der Waals surface area contributed by atoms with Gasteiger partial charge in [-0.05, 0) is 32.8 Å². The predicted molar refractivity (Wildman–Crippen MR) is 97.4 cm³/mol. The smallest absolute Gasteiger partial charge is 0.254 e. The number of aryl methyl sites for hydroxylation is 1. The van der Waals surface area contributed by atoms with Crippen molar-refractivity contribution in [3.05, 3.63) is 35.9 Å². The van der Waals surface area contributed by atoms with Crippen molar-refractivity contribution < 1.29 is 23.6 Å². The van der Waals surface area contributed by atoms with Crippen molar-refractivity contribution in [2.45, 2.75) is 56.9 Å². The Morgan fingerprint density at radius 1 is 1.43 bits per heavy atom. The molecular formula is C19H26N4O5. The molecule has 2 aliphatic rings. The molecule has 2 aromatic rings. The summed E-state index contributed by atoms with van der Waals surface area (Å²) < 4.78 is 16.3. The molecule has 0 radical (unpaired) electrons. The summed E-state index contributed by atoms with van der Waals surface area (Å²) in [4.78, 5) is 18.8. The first-order valence-electron chi connectivity index (χ1n) is 9.56. The molecule has 28 heavy (non-hydrogen) atoms. The molecule has 2 saturated heterocycles. The lowest BCUT2D eigenvalue weighted by atomic mass is 9.75.